The van der Waals surface area contributed by atoms with Crippen LogP contribution >= 0.6 is 0 Å². The molecule has 0 fully saturated rings. The molecule has 0 saturated carbocycles. The number of hydrogen-bond donors (Lipinski definition) is 2. The van der Waals surface area contributed by atoms with Crippen LogP contribution < -0.4 is 16.2 Å². The molecule has 0 bridgehead atoms. The summed E-state index contributed by atoms with van der Waals surface area (Å²) in [5.41, 5.74) is 14.3. The first-order valence-electron chi connectivity index (χ1n) is 10.5. The summed E-state index contributed by atoms with van der Waals surface area (Å²) in [5.74, 6) is -0.124. The molecule has 2 heterocycles. The Bertz CT molecular complexity index is 1330. The van der Waals surface area contributed by atoms with Crippen molar-refractivity contribution in [2.45, 2.75) is 27.2 Å². The maximum atomic E-state index is 13.6. The lowest BCUT2D eigenvalue weighted by Gasteiger charge is -2.17. The van der Waals surface area contributed by atoms with E-state index < -0.39 is 12.1 Å². The third-order valence-electron chi connectivity index (χ3n) is 4.82. The lowest BCUT2D eigenvalue weighted by molar-refractivity contribution is 0.146. The van der Waals surface area contributed by atoms with Crippen molar-refractivity contribution >= 4 is 11.8 Å². The Morgan fingerprint density at radius 2 is 1.97 bits per heavy atom. The van der Waals surface area contributed by atoms with Gasteiger partial charge in [-0.25, -0.2) is 13.8 Å². The van der Waals surface area contributed by atoms with Gasteiger partial charge in [-0.1, -0.05) is 12.1 Å². The zero-order valence-electron chi connectivity index (χ0n) is 19.3. The number of halogens is 2. The second-order valence-corrected chi connectivity index (χ2v) is 7.35. The van der Waals surface area contributed by atoms with Crippen LogP contribution in [-0.2, 0) is 0 Å². The van der Waals surface area contributed by atoms with E-state index in [4.69, 9.17) is 16.2 Å². The minimum atomic E-state index is -2.80. The van der Waals surface area contributed by atoms with Gasteiger partial charge in [-0.2, -0.15) is 15.4 Å². The van der Waals surface area contributed by atoms with Gasteiger partial charge < -0.3 is 16.2 Å². The Morgan fingerprint density at radius 3 is 2.66 bits per heavy atom. The summed E-state index contributed by atoms with van der Waals surface area (Å²) in [4.78, 5) is 12.5. The molecule has 10 nitrogen and oxygen atoms in total. The fourth-order valence-electron chi connectivity index (χ4n) is 3.30. The zero-order chi connectivity index (χ0) is 25.5. The maximum Gasteiger partial charge on any atom is 0.280 e. The van der Waals surface area contributed by atoms with Gasteiger partial charge >= 0.3 is 0 Å². The number of nitriles is 1. The van der Waals surface area contributed by atoms with Crippen LogP contribution in [0, 0.1) is 25.2 Å². The van der Waals surface area contributed by atoms with Crippen molar-refractivity contribution in [2.75, 3.05) is 18.9 Å². The van der Waals surface area contributed by atoms with E-state index in [1.165, 1.54) is 6.07 Å². The molecular formula is C23H23F2N9O. The minimum absolute atomic E-state index is 0.00807. The van der Waals surface area contributed by atoms with E-state index in [0.29, 0.717) is 40.2 Å². The minimum Gasteiger partial charge on any atom is -0.469 e. The van der Waals surface area contributed by atoms with Crippen LogP contribution in [0.1, 0.15) is 35.9 Å². The zero-order valence-corrected chi connectivity index (χ0v) is 19.3. The van der Waals surface area contributed by atoms with E-state index in [-0.39, 0.29) is 29.8 Å². The van der Waals surface area contributed by atoms with E-state index in [1.807, 2.05) is 0 Å². The van der Waals surface area contributed by atoms with Gasteiger partial charge in [-0.3, -0.25) is 4.98 Å². The van der Waals surface area contributed by atoms with E-state index >= 15 is 0 Å². The Morgan fingerprint density at radius 1 is 1.20 bits per heavy atom. The molecule has 0 aliphatic carbocycles. The van der Waals surface area contributed by atoms with Gasteiger partial charge in [0.2, 0.25) is 11.8 Å². The summed E-state index contributed by atoms with van der Waals surface area (Å²) < 4.78 is 32.9. The number of aromatic nitrogens is 3. The standard InChI is InChI=1S/C23H23F2N9O/c1-4-29-34-33-18(27)11-35-22-19(15-8-12(2)30-17(9-15)21(24)25)20(31-23(28)32-22)16-7-5-6-14(10-26)13(16)3/h5-9,21H,4,11H2,1-3H3,(H2,27,29,33)(H2,28,31,32). The molecule has 2 aromatic heterocycles. The third kappa shape index (κ3) is 5.89. The van der Waals surface area contributed by atoms with Crippen LogP contribution in [0.5, 0.6) is 5.88 Å². The molecule has 1 aromatic carbocycles. The van der Waals surface area contributed by atoms with Crippen LogP contribution in [0.15, 0.2) is 45.8 Å². The van der Waals surface area contributed by atoms with Crippen molar-refractivity contribution in [3.8, 4) is 34.3 Å². The van der Waals surface area contributed by atoms with E-state index in [2.05, 4.69) is 36.5 Å². The van der Waals surface area contributed by atoms with Crippen LogP contribution in [0.3, 0.4) is 0 Å². The number of rotatable bonds is 8. The van der Waals surface area contributed by atoms with Gasteiger partial charge in [0.25, 0.3) is 6.43 Å². The molecule has 0 aliphatic heterocycles. The Kier molecular flexibility index (Phi) is 7.93. The fraction of sp³-hybridized carbons (Fsp3) is 0.261. The summed E-state index contributed by atoms with van der Waals surface area (Å²) in [5, 5.41) is 20.5. The highest BCUT2D eigenvalue weighted by Gasteiger charge is 2.23. The summed E-state index contributed by atoms with van der Waals surface area (Å²) in [6.45, 7) is 5.34. The first kappa shape index (κ1) is 25.1. The van der Waals surface area contributed by atoms with Crippen molar-refractivity contribution < 1.29 is 13.5 Å². The number of alkyl halides is 2. The second kappa shape index (κ2) is 11.1. The molecule has 3 aromatic rings. The lowest BCUT2D eigenvalue weighted by atomic mass is 9.94. The highest BCUT2D eigenvalue weighted by atomic mass is 19.3. The average molecular weight is 479 g/mol. The molecule has 3 rings (SSSR count). The van der Waals surface area contributed by atoms with Crippen molar-refractivity contribution in [2.24, 2.45) is 21.2 Å². The van der Waals surface area contributed by atoms with Crippen molar-refractivity contribution in [1.29, 1.82) is 5.26 Å². The first-order valence-corrected chi connectivity index (χ1v) is 10.5. The molecule has 0 spiro atoms. The van der Waals surface area contributed by atoms with E-state index in [1.54, 1.807) is 45.0 Å². The number of anilines is 1. The first-order chi connectivity index (χ1) is 16.7. The van der Waals surface area contributed by atoms with E-state index in [0.717, 1.165) is 0 Å². The smallest absolute Gasteiger partial charge is 0.280 e. The van der Waals surface area contributed by atoms with Crippen LogP contribution in [0.2, 0.25) is 0 Å². The number of hydrogen-bond acceptors (Lipinski definition) is 8. The molecule has 0 aliphatic rings. The topological polar surface area (TPSA) is 161 Å². The highest BCUT2D eigenvalue weighted by Crippen LogP contribution is 2.40. The average Bonchev–Trinajstić information content (AvgIpc) is 2.82. The van der Waals surface area contributed by atoms with Crippen LogP contribution in [0.25, 0.3) is 22.4 Å². The summed E-state index contributed by atoms with van der Waals surface area (Å²) >= 11 is 0. The normalized spacial score (nSPS) is 11.7. The van der Waals surface area contributed by atoms with Crippen molar-refractivity contribution in [1.82, 2.24) is 15.0 Å². The van der Waals surface area contributed by atoms with Gasteiger partial charge in [0.05, 0.1) is 29.4 Å². The third-order valence-corrected chi connectivity index (χ3v) is 4.82. The SMILES string of the molecule is CCN=N/N=C(\N)COc1nc(N)nc(-c2cccc(C#N)c2C)c1-c1cc(C)nc(C(F)F)c1. The van der Waals surface area contributed by atoms with Crippen LogP contribution in [-0.4, -0.2) is 33.9 Å². The van der Waals surface area contributed by atoms with Crippen molar-refractivity contribution in [3.05, 3.63) is 52.8 Å². The molecule has 0 amide bonds. The monoisotopic (exact) mass is 479 g/mol. The number of nitrogens with two attached hydrogens (primary N) is 2. The van der Waals surface area contributed by atoms with Crippen molar-refractivity contribution in [3.63, 3.8) is 0 Å². The molecule has 0 atom stereocenters. The largest absolute Gasteiger partial charge is 0.469 e. The fourth-order valence-corrected chi connectivity index (χ4v) is 3.30. The second-order valence-electron chi connectivity index (χ2n) is 7.35. The Labute approximate surface area is 200 Å². The van der Waals surface area contributed by atoms with Gasteiger partial charge in [0.1, 0.15) is 12.3 Å². The molecular weight excluding hydrogens is 456 g/mol. The quantitative estimate of drug-likeness (QED) is 0.210. The number of amidine groups is 1. The molecule has 12 heteroatoms. The van der Waals surface area contributed by atoms with Gasteiger partial charge in [-0.15, -0.1) is 5.10 Å². The van der Waals surface area contributed by atoms with Gasteiger partial charge in [0, 0.05) is 11.3 Å². The molecule has 180 valence electrons. The summed E-state index contributed by atoms with van der Waals surface area (Å²) in [6.07, 6.45) is -2.80. The van der Waals surface area contributed by atoms with Gasteiger partial charge in [-0.05, 0) is 55.3 Å². The maximum absolute atomic E-state index is 13.6. The van der Waals surface area contributed by atoms with E-state index in [9.17, 15) is 14.0 Å². The molecule has 35 heavy (non-hydrogen) atoms. The number of benzene rings is 1. The number of pyridine rings is 1. The number of ether oxygens (including phenoxy) is 1. The van der Waals surface area contributed by atoms with Crippen LogP contribution in [0.4, 0.5) is 14.7 Å². The highest BCUT2D eigenvalue weighted by molar-refractivity contribution is 5.87. The molecule has 0 saturated heterocycles. The predicted octanol–water partition coefficient (Wildman–Crippen LogP) is 4.34. The lowest BCUT2D eigenvalue weighted by Crippen LogP contribution is -2.21. The molecule has 0 radical (unpaired) electrons. The summed E-state index contributed by atoms with van der Waals surface area (Å²) in [6, 6.07) is 10.1. The number of aryl methyl sites for hydroxylation is 1. The number of nitrogens with zero attached hydrogens (tertiary/aromatic N) is 7. The van der Waals surface area contributed by atoms with Gasteiger partial charge in [0.15, 0.2) is 5.84 Å². The number of nitrogen functional groups attached to an aromatic ring is 1. The Balaban J connectivity index is 2.26. The predicted molar refractivity (Wildman–Crippen MR) is 127 cm³/mol. The Hall–Kier alpha value is -4.53. The summed E-state index contributed by atoms with van der Waals surface area (Å²) in [7, 11) is 0. The molecule has 0 unspecified atom stereocenters. The molecule has 4 N–H and O–H groups in total.